The van der Waals surface area contributed by atoms with Crippen molar-refractivity contribution in [2.45, 2.75) is 32.6 Å². The Morgan fingerprint density at radius 2 is 2.12 bits per heavy atom. The maximum atomic E-state index is 11.6. The van der Waals surface area contributed by atoms with Crippen LogP contribution in [-0.4, -0.2) is 30.5 Å². The standard InChI is InChI=1S/C17H25N5OS/c1-2-3-11-8-12(22-6-4-10(9-18)5-7-22)21-17-13(11)14(19)15(24-17)16(20)23/h8,10H,2-7,9,18-19H2,1H3,(H2,20,23). The second kappa shape index (κ2) is 6.94. The van der Waals surface area contributed by atoms with Crippen molar-refractivity contribution in [1.29, 1.82) is 0 Å². The average Bonchev–Trinajstić information content (AvgIpc) is 2.92. The number of aromatic nitrogens is 1. The van der Waals surface area contributed by atoms with Crippen molar-refractivity contribution in [2.24, 2.45) is 17.4 Å². The summed E-state index contributed by atoms with van der Waals surface area (Å²) in [7, 11) is 0. The van der Waals surface area contributed by atoms with Gasteiger partial charge in [0.1, 0.15) is 15.5 Å². The van der Waals surface area contributed by atoms with Crippen molar-refractivity contribution in [3.63, 3.8) is 0 Å². The number of nitrogens with two attached hydrogens (primary N) is 3. The molecular weight excluding hydrogens is 322 g/mol. The molecule has 1 fully saturated rings. The minimum atomic E-state index is -0.483. The quantitative estimate of drug-likeness (QED) is 0.767. The first-order valence-electron chi connectivity index (χ1n) is 8.51. The summed E-state index contributed by atoms with van der Waals surface area (Å²) in [5.74, 6) is 1.10. The van der Waals surface area contributed by atoms with Gasteiger partial charge in [0, 0.05) is 18.5 Å². The summed E-state index contributed by atoms with van der Waals surface area (Å²) in [5, 5.41) is 0.899. The molecule has 0 aromatic carbocycles. The number of fused-ring (bicyclic) bond motifs is 1. The van der Waals surface area contributed by atoms with E-state index < -0.39 is 5.91 Å². The third-order valence-corrected chi connectivity index (χ3v) is 5.90. The molecule has 24 heavy (non-hydrogen) atoms. The number of nitrogens with zero attached hydrogens (tertiary/aromatic N) is 2. The van der Waals surface area contributed by atoms with Gasteiger partial charge in [-0.2, -0.15) is 0 Å². The molecule has 1 saturated heterocycles. The van der Waals surface area contributed by atoms with E-state index in [-0.39, 0.29) is 0 Å². The molecule has 1 aliphatic heterocycles. The molecule has 2 aromatic heterocycles. The molecule has 1 aliphatic rings. The number of hydrogen-bond donors (Lipinski definition) is 3. The molecule has 1 amide bonds. The van der Waals surface area contributed by atoms with Gasteiger partial charge in [0.05, 0.1) is 5.69 Å². The molecule has 0 unspecified atom stereocenters. The molecular formula is C17H25N5OS. The van der Waals surface area contributed by atoms with Gasteiger partial charge < -0.3 is 22.1 Å². The van der Waals surface area contributed by atoms with Crippen LogP contribution in [0.4, 0.5) is 11.5 Å². The highest BCUT2D eigenvalue weighted by Gasteiger charge is 2.23. The molecule has 2 aromatic rings. The van der Waals surface area contributed by atoms with Crippen LogP contribution in [0.25, 0.3) is 10.2 Å². The fourth-order valence-corrected chi connectivity index (χ4v) is 4.38. The number of nitrogen functional groups attached to an aromatic ring is 1. The van der Waals surface area contributed by atoms with Gasteiger partial charge in [-0.1, -0.05) is 13.3 Å². The average molecular weight is 347 g/mol. The molecule has 6 nitrogen and oxygen atoms in total. The van der Waals surface area contributed by atoms with Crippen molar-refractivity contribution in [2.75, 3.05) is 30.3 Å². The zero-order valence-corrected chi connectivity index (χ0v) is 14.9. The summed E-state index contributed by atoms with van der Waals surface area (Å²) >= 11 is 1.30. The molecule has 130 valence electrons. The fraction of sp³-hybridized carbons (Fsp3) is 0.529. The molecule has 3 heterocycles. The number of anilines is 2. The van der Waals surface area contributed by atoms with Crippen LogP contribution in [-0.2, 0) is 6.42 Å². The lowest BCUT2D eigenvalue weighted by atomic mass is 9.97. The number of carbonyl (C=O) groups is 1. The van der Waals surface area contributed by atoms with Crippen molar-refractivity contribution < 1.29 is 4.79 Å². The van der Waals surface area contributed by atoms with Crippen LogP contribution in [0.1, 0.15) is 41.4 Å². The number of carbonyl (C=O) groups excluding carboxylic acids is 1. The molecule has 0 aliphatic carbocycles. The number of hydrogen-bond acceptors (Lipinski definition) is 6. The molecule has 0 spiro atoms. The lowest BCUT2D eigenvalue weighted by Gasteiger charge is -2.32. The van der Waals surface area contributed by atoms with Gasteiger partial charge in [-0.15, -0.1) is 11.3 Å². The SMILES string of the molecule is CCCc1cc(N2CCC(CN)CC2)nc2sc(C(N)=O)c(N)c12. The van der Waals surface area contributed by atoms with Gasteiger partial charge in [-0.25, -0.2) is 4.98 Å². The van der Waals surface area contributed by atoms with Crippen LogP contribution < -0.4 is 22.1 Å². The van der Waals surface area contributed by atoms with E-state index in [1.807, 2.05) is 0 Å². The van der Waals surface area contributed by atoms with Crippen molar-refractivity contribution >= 4 is 39.0 Å². The Balaban J connectivity index is 2.02. The Hall–Kier alpha value is -1.86. The van der Waals surface area contributed by atoms with Crippen LogP contribution in [0.15, 0.2) is 6.07 Å². The highest BCUT2D eigenvalue weighted by atomic mass is 32.1. The normalized spacial score (nSPS) is 16.0. The molecule has 3 rings (SSSR count). The Morgan fingerprint density at radius 1 is 1.42 bits per heavy atom. The molecule has 0 bridgehead atoms. The summed E-state index contributed by atoms with van der Waals surface area (Å²) in [6.45, 7) is 4.83. The summed E-state index contributed by atoms with van der Waals surface area (Å²) in [5.41, 5.74) is 19.0. The van der Waals surface area contributed by atoms with E-state index in [1.165, 1.54) is 11.3 Å². The molecule has 0 saturated carbocycles. The maximum absolute atomic E-state index is 11.6. The largest absolute Gasteiger partial charge is 0.397 e. The summed E-state index contributed by atoms with van der Waals surface area (Å²) in [6.07, 6.45) is 4.11. The van der Waals surface area contributed by atoms with E-state index in [9.17, 15) is 4.79 Å². The van der Waals surface area contributed by atoms with E-state index in [1.54, 1.807) is 0 Å². The third kappa shape index (κ3) is 3.06. The first-order chi connectivity index (χ1) is 11.5. The van der Waals surface area contributed by atoms with Gasteiger partial charge in [-0.05, 0) is 43.4 Å². The van der Waals surface area contributed by atoms with Crippen LogP contribution in [0.5, 0.6) is 0 Å². The van der Waals surface area contributed by atoms with Crippen LogP contribution >= 0.6 is 11.3 Å². The molecule has 7 heteroatoms. The lowest BCUT2D eigenvalue weighted by molar-refractivity contribution is 0.100. The number of piperidine rings is 1. The van der Waals surface area contributed by atoms with E-state index in [0.29, 0.717) is 16.5 Å². The number of thiophene rings is 1. The van der Waals surface area contributed by atoms with Crippen molar-refractivity contribution in [3.05, 3.63) is 16.5 Å². The zero-order chi connectivity index (χ0) is 17.3. The van der Waals surface area contributed by atoms with Crippen LogP contribution in [0, 0.1) is 5.92 Å². The van der Waals surface area contributed by atoms with Gasteiger partial charge in [-0.3, -0.25) is 4.79 Å². The Labute approximate surface area is 146 Å². The fourth-order valence-electron chi connectivity index (χ4n) is 3.39. The smallest absolute Gasteiger partial charge is 0.260 e. The van der Waals surface area contributed by atoms with Crippen molar-refractivity contribution in [3.8, 4) is 0 Å². The lowest BCUT2D eigenvalue weighted by Crippen LogP contribution is -2.36. The molecule has 0 atom stereocenters. The van der Waals surface area contributed by atoms with Gasteiger partial charge in [0.15, 0.2) is 0 Å². The predicted octanol–water partition coefficient (Wildman–Crippen LogP) is 2.11. The van der Waals surface area contributed by atoms with Crippen LogP contribution in [0.2, 0.25) is 0 Å². The number of rotatable bonds is 5. The second-order valence-corrected chi connectivity index (χ2v) is 7.44. The van der Waals surface area contributed by atoms with Crippen LogP contribution in [0.3, 0.4) is 0 Å². The van der Waals surface area contributed by atoms with Gasteiger partial charge in [0.2, 0.25) is 0 Å². The minimum Gasteiger partial charge on any atom is -0.397 e. The van der Waals surface area contributed by atoms with E-state index >= 15 is 0 Å². The maximum Gasteiger partial charge on any atom is 0.260 e. The van der Waals surface area contributed by atoms with E-state index in [4.69, 9.17) is 22.2 Å². The Morgan fingerprint density at radius 3 is 2.71 bits per heavy atom. The number of primary amides is 1. The van der Waals surface area contributed by atoms with Gasteiger partial charge >= 0.3 is 0 Å². The Bertz CT molecular complexity index is 749. The Kier molecular flexibility index (Phi) is 4.91. The van der Waals surface area contributed by atoms with Crippen molar-refractivity contribution in [1.82, 2.24) is 4.98 Å². The summed E-state index contributed by atoms with van der Waals surface area (Å²) in [4.78, 5) is 19.9. The predicted molar refractivity (Wildman–Crippen MR) is 101 cm³/mol. The number of aryl methyl sites for hydroxylation is 1. The number of amides is 1. The zero-order valence-electron chi connectivity index (χ0n) is 14.0. The monoisotopic (exact) mass is 347 g/mol. The first kappa shape index (κ1) is 17.0. The summed E-state index contributed by atoms with van der Waals surface area (Å²) < 4.78 is 0. The summed E-state index contributed by atoms with van der Waals surface area (Å²) in [6, 6.07) is 2.13. The number of pyridine rings is 1. The molecule has 6 N–H and O–H groups in total. The van der Waals surface area contributed by atoms with E-state index in [0.717, 1.165) is 66.9 Å². The highest BCUT2D eigenvalue weighted by Crippen LogP contribution is 2.37. The second-order valence-electron chi connectivity index (χ2n) is 6.44. The first-order valence-corrected chi connectivity index (χ1v) is 9.33. The third-order valence-electron chi connectivity index (χ3n) is 4.78. The van der Waals surface area contributed by atoms with E-state index in [2.05, 4.69) is 17.9 Å². The minimum absolute atomic E-state index is 0.411. The topological polar surface area (TPSA) is 111 Å². The van der Waals surface area contributed by atoms with Gasteiger partial charge in [0.25, 0.3) is 5.91 Å². The molecule has 0 radical (unpaired) electrons. The highest BCUT2D eigenvalue weighted by molar-refractivity contribution is 7.21.